The molecular weight excluding hydrogens is 261 g/mol. The van der Waals surface area contributed by atoms with Crippen molar-refractivity contribution in [3.8, 4) is 5.75 Å². The van der Waals surface area contributed by atoms with Crippen LogP contribution in [-0.2, 0) is 0 Å². The van der Waals surface area contributed by atoms with Gasteiger partial charge in [-0.15, -0.1) is 12.4 Å². The fourth-order valence-corrected chi connectivity index (χ4v) is 1.63. The zero-order valence-electron chi connectivity index (χ0n) is 9.85. The second kappa shape index (κ2) is 6.51. The molecule has 2 atom stereocenters. The summed E-state index contributed by atoms with van der Waals surface area (Å²) in [5, 5.41) is 5.37. The van der Waals surface area contributed by atoms with Gasteiger partial charge in [-0.25, -0.2) is 9.37 Å². The maximum atomic E-state index is 13.3. The highest BCUT2D eigenvalue weighted by Gasteiger charge is 2.28. The van der Waals surface area contributed by atoms with Crippen LogP contribution in [0.3, 0.4) is 0 Å². The van der Waals surface area contributed by atoms with E-state index >= 15 is 0 Å². The van der Waals surface area contributed by atoms with Gasteiger partial charge in [0.2, 0.25) is 0 Å². The first-order valence-corrected chi connectivity index (χ1v) is 5.40. The zero-order chi connectivity index (χ0) is 12.3. The van der Waals surface area contributed by atoms with Crippen molar-refractivity contribution in [3.63, 3.8) is 0 Å². The van der Waals surface area contributed by atoms with Gasteiger partial charge in [-0.2, -0.15) is 0 Å². The average molecular weight is 276 g/mol. The quantitative estimate of drug-likeness (QED) is 0.846. The minimum atomic E-state index is -1.01. The molecule has 5 nitrogen and oxygen atoms in total. The van der Waals surface area contributed by atoms with E-state index in [9.17, 15) is 9.18 Å². The standard InChI is InChI=1S/C11H14FN3O2.ClH/c1-13-11(16)9-3-2-7(4-15-9)17-10-6-14-5-8(10)12;/h2-4,8,10,14H,5-6H2,1H3,(H,13,16);1H/t8-,10-;/m1./s1. The van der Waals surface area contributed by atoms with E-state index in [1.165, 1.54) is 13.2 Å². The highest BCUT2D eigenvalue weighted by atomic mass is 35.5. The van der Waals surface area contributed by atoms with Crippen molar-refractivity contribution in [1.82, 2.24) is 15.6 Å². The lowest BCUT2D eigenvalue weighted by atomic mass is 10.3. The molecule has 1 aliphatic heterocycles. The van der Waals surface area contributed by atoms with Crippen LogP contribution in [-0.4, -0.2) is 43.3 Å². The van der Waals surface area contributed by atoms with Gasteiger partial charge >= 0.3 is 0 Å². The van der Waals surface area contributed by atoms with Crippen molar-refractivity contribution >= 4 is 18.3 Å². The first-order chi connectivity index (χ1) is 8.20. The van der Waals surface area contributed by atoms with Crippen LogP contribution in [0.4, 0.5) is 4.39 Å². The minimum Gasteiger partial charge on any atom is -0.484 e. The van der Waals surface area contributed by atoms with Crippen molar-refractivity contribution in [1.29, 1.82) is 0 Å². The van der Waals surface area contributed by atoms with Gasteiger partial charge in [0.1, 0.15) is 17.5 Å². The summed E-state index contributed by atoms with van der Waals surface area (Å²) in [5.74, 6) is 0.205. The molecule has 7 heteroatoms. The van der Waals surface area contributed by atoms with Gasteiger partial charge in [-0.1, -0.05) is 0 Å². The van der Waals surface area contributed by atoms with E-state index in [1.807, 2.05) is 0 Å². The summed E-state index contributed by atoms with van der Waals surface area (Å²) in [6, 6.07) is 3.16. The lowest BCUT2D eigenvalue weighted by Crippen LogP contribution is -2.27. The number of ether oxygens (including phenoxy) is 1. The third-order valence-corrected chi connectivity index (χ3v) is 2.57. The average Bonchev–Trinajstić information content (AvgIpc) is 2.75. The minimum absolute atomic E-state index is 0. The van der Waals surface area contributed by atoms with Crippen LogP contribution < -0.4 is 15.4 Å². The highest BCUT2D eigenvalue weighted by molar-refractivity contribution is 5.91. The van der Waals surface area contributed by atoms with E-state index < -0.39 is 12.3 Å². The Morgan fingerprint density at radius 3 is 2.83 bits per heavy atom. The molecule has 100 valence electrons. The Hall–Kier alpha value is -1.40. The fraction of sp³-hybridized carbons (Fsp3) is 0.455. The van der Waals surface area contributed by atoms with Crippen molar-refractivity contribution in [2.24, 2.45) is 0 Å². The molecule has 2 heterocycles. The largest absolute Gasteiger partial charge is 0.484 e. The van der Waals surface area contributed by atoms with Crippen LogP contribution in [0, 0.1) is 0 Å². The maximum absolute atomic E-state index is 13.3. The van der Waals surface area contributed by atoms with E-state index in [4.69, 9.17) is 4.74 Å². The Morgan fingerprint density at radius 1 is 1.56 bits per heavy atom. The molecule has 1 amide bonds. The molecule has 0 bridgehead atoms. The van der Waals surface area contributed by atoms with Gasteiger partial charge in [-0.3, -0.25) is 4.79 Å². The number of nitrogens with one attached hydrogen (secondary N) is 2. The predicted octanol–water partition coefficient (Wildman–Crippen LogP) is 0.552. The van der Waals surface area contributed by atoms with Gasteiger partial charge in [0, 0.05) is 20.1 Å². The number of carbonyl (C=O) groups excluding carboxylic acids is 1. The third kappa shape index (κ3) is 3.30. The number of nitrogens with zero attached hydrogens (tertiary/aromatic N) is 1. The monoisotopic (exact) mass is 275 g/mol. The first kappa shape index (κ1) is 14.7. The van der Waals surface area contributed by atoms with Crippen molar-refractivity contribution in [3.05, 3.63) is 24.0 Å². The van der Waals surface area contributed by atoms with E-state index in [-0.39, 0.29) is 18.3 Å². The molecule has 0 aliphatic carbocycles. The molecule has 0 saturated carbocycles. The van der Waals surface area contributed by atoms with Crippen molar-refractivity contribution in [2.45, 2.75) is 12.3 Å². The van der Waals surface area contributed by atoms with Crippen LogP contribution in [0.2, 0.25) is 0 Å². The molecule has 2 rings (SSSR count). The highest BCUT2D eigenvalue weighted by Crippen LogP contribution is 2.16. The van der Waals surface area contributed by atoms with Gasteiger partial charge in [0.05, 0.1) is 6.20 Å². The normalized spacial score (nSPS) is 22.1. The molecule has 2 N–H and O–H groups in total. The van der Waals surface area contributed by atoms with Gasteiger partial charge in [-0.05, 0) is 12.1 Å². The van der Waals surface area contributed by atoms with Crippen molar-refractivity contribution < 1.29 is 13.9 Å². The van der Waals surface area contributed by atoms with Gasteiger partial charge in [0.25, 0.3) is 5.91 Å². The summed E-state index contributed by atoms with van der Waals surface area (Å²) in [5.41, 5.74) is 0.307. The number of aromatic nitrogens is 1. The summed E-state index contributed by atoms with van der Waals surface area (Å²) in [6.07, 6.45) is -0.0634. The number of pyridine rings is 1. The Bertz CT molecular complexity index is 402. The number of carbonyl (C=O) groups is 1. The summed E-state index contributed by atoms with van der Waals surface area (Å²) < 4.78 is 18.7. The number of hydrogen-bond acceptors (Lipinski definition) is 4. The topological polar surface area (TPSA) is 63.2 Å². The van der Waals surface area contributed by atoms with E-state index in [0.29, 0.717) is 24.5 Å². The summed E-state index contributed by atoms with van der Waals surface area (Å²) >= 11 is 0. The van der Waals surface area contributed by atoms with Crippen LogP contribution in [0.1, 0.15) is 10.5 Å². The molecule has 0 aromatic carbocycles. The Labute approximate surface area is 111 Å². The molecule has 0 spiro atoms. The molecule has 1 aromatic heterocycles. The molecule has 0 unspecified atom stereocenters. The Kier molecular flexibility index (Phi) is 5.30. The van der Waals surface area contributed by atoms with E-state index in [0.717, 1.165) is 0 Å². The number of alkyl halides is 1. The lowest BCUT2D eigenvalue weighted by molar-refractivity contribution is 0.0957. The van der Waals surface area contributed by atoms with Crippen LogP contribution in [0.15, 0.2) is 18.3 Å². The molecule has 0 radical (unpaired) electrons. The van der Waals surface area contributed by atoms with E-state index in [1.54, 1.807) is 12.1 Å². The number of rotatable bonds is 3. The molecule has 1 fully saturated rings. The Balaban J connectivity index is 0.00000162. The number of hydrogen-bond donors (Lipinski definition) is 2. The van der Waals surface area contributed by atoms with Gasteiger partial charge < -0.3 is 15.4 Å². The predicted molar refractivity (Wildman–Crippen MR) is 67.1 cm³/mol. The smallest absolute Gasteiger partial charge is 0.269 e. The van der Waals surface area contributed by atoms with Crippen LogP contribution in [0.5, 0.6) is 5.75 Å². The lowest BCUT2D eigenvalue weighted by Gasteiger charge is -2.14. The second-order valence-electron chi connectivity index (χ2n) is 3.79. The molecule has 18 heavy (non-hydrogen) atoms. The summed E-state index contributed by atoms with van der Waals surface area (Å²) in [6.45, 7) is 0.798. The maximum Gasteiger partial charge on any atom is 0.269 e. The number of amides is 1. The summed E-state index contributed by atoms with van der Waals surface area (Å²) in [7, 11) is 1.53. The van der Waals surface area contributed by atoms with Crippen LogP contribution >= 0.6 is 12.4 Å². The van der Waals surface area contributed by atoms with Crippen LogP contribution in [0.25, 0.3) is 0 Å². The summed E-state index contributed by atoms with van der Waals surface area (Å²) in [4.78, 5) is 15.2. The van der Waals surface area contributed by atoms with Crippen molar-refractivity contribution in [2.75, 3.05) is 20.1 Å². The SMILES string of the molecule is CNC(=O)c1ccc(O[C@@H]2CNC[C@H]2F)cn1.Cl. The molecule has 1 saturated heterocycles. The molecule has 1 aliphatic rings. The first-order valence-electron chi connectivity index (χ1n) is 5.40. The fourth-order valence-electron chi connectivity index (χ4n) is 1.63. The molecule has 1 aromatic rings. The zero-order valence-corrected chi connectivity index (χ0v) is 10.7. The van der Waals surface area contributed by atoms with Gasteiger partial charge in [0.15, 0.2) is 6.17 Å². The Morgan fingerprint density at radius 2 is 2.33 bits per heavy atom. The third-order valence-electron chi connectivity index (χ3n) is 2.57. The van der Waals surface area contributed by atoms with E-state index in [2.05, 4.69) is 15.6 Å². The second-order valence-corrected chi connectivity index (χ2v) is 3.79. The number of halogens is 2. The molecular formula is C11H15ClFN3O2.